The van der Waals surface area contributed by atoms with E-state index in [0.717, 1.165) is 6.42 Å². The van der Waals surface area contributed by atoms with E-state index >= 15 is 0 Å². The molecule has 0 aromatic heterocycles. The molecule has 1 atom stereocenters. The van der Waals surface area contributed by atoms with E-state index in [1.165, 1.54) is 0 Å². The number of hydrogen-bond donors (Lipinski definition) is 2. The highest BCUT2D eigenvalue weighted by molar-refractivity contribution is 6.29. The molecule has 0 rings (SSSR count). The van der Waals surface area contributed by atoms with Gasteiger partial charge in [-0.1, -0.05) is 32.0 Å². The maximum absolute atomic E-state index is 8.95. The number of hydrogen-bond acceptors (Lipinski definition) is 2. The van der Waals surface area contributed by atoms with E-state index in [4.69, 9.17) is 16.7 Å². The van der Waals surface area contributed by atoms with E-state index in [0.29, 0.717) is 17.5 Å². The molecule has 0 aromatic carbocycles. The molecule has 0 aromatic rings. The fraction of sp³-hybridized carbons (Fsp3) is 0.778. The van der Waals surface area contributed by atoms with Gasteiger partial charge >= 0.3 is 0 Å². The SMILES string of the molecule is C=C(Cl)CNC(CO)CC(C)C. The van der Waals surface area contributed by atoms with Crippen molar-refractivity contribution in [1.29, 1.82) is 0 Å². The summed E-state index contributed by atoms with van der Waals surface area (Å²) in [6, 6.07) is 0.139. The van der Waals surface area contributed by atoms with Gasteiger partial charge in [0.15, 0.2) is 0 Å². The second-order valence-corrected chi connectivity index (χ2v) is 3.94. The largest absolute Gasteiger partial charge is 0.395 e. The van der Waals surface area contributed by atoms with Crippen molar-refractivity contribution in [3.63, 3.8) is 0 Å². The van der Waals surface area contributed by atoms with E-state index in [-0.39, 0.29) is 12.6 Å². The Hall–Kier alpha value is -0.0500. The maximum Gasteiger partial charge on any atom is 0.0584 e. The van der Waals surface area contributed by atoms with Gasteiger partial charge in [-0.15, -0.1) is 0 Å². The molecule has 2 N–H and O–H groups in total. The molecule has 0 bridgehead atoms. The van der Waals surface area contributed by atoms with Crippen LogP contribution >= 0.6 is 11.6 Å². The van der Waals surface area contributed by atoms with Crippen LogP contribution in [-0.4, -0.2) is 24.3 Å². The fourth-order valence-corrected chi connectivity index (χ4v) is 1.12. The second-order valence-electron chi connectivity index (χ2n) is 3.41. The molecule has 3 heteroatoms. The zero-order chi connectivity index (χ0) is 9.56. The summed E-state index contributed by atoms with van der Waals surface area (Å²) in [6.45, 7) is 8.54. The Balaban J connectivity index is 3.60. The minimum atomic E-state index is 0.139. The van der Waals surface area contributed by atoms with Crippen LogP contribution in [0.3, 0.4) is 0 Å². The predicted molar refractivity (Wildman–Crippen MR) is 53.3 cm³/mol. The molecule has 0 radical (unpaired) electrons. The van der Waals surface area contributed by atoms with Crippen LogP contribution in [-0.2, 0) is 0 Å². The Bertz CT molecular complexity index is 136. The summed E-state index contributed by atoms with van der Waals surface area (Å²) in [5.41, 5.74) is 0. The monoisotopic (exact) mass is 191 g/mol. The lowest BCUT2D eigenvalue weighted by atomic mass is 10.0. The number of nitrogens with one attached hydrogen (secondary N) is 1. The van der Waals surface area contributed by atoms with Crippen molar-refractivity contribution in [1.82, 2.24) is 5.32 Å². The van der Waals surface area contributed by atoms with Gasteiger partial charge in [-0.25, -0.2) is 0 Å². The van der Waals surface area contributed by atoms with Crippen LogP contribution in [0.15, 0.2) is 11.6 Å². The van der Waals surface area contributed by atoms with Crippen LogP contribution in [0.25, 0.3) is 0 Å². The Morgan fingerprint density at radius 1 is 1.58 bits per heavy atom. The van der Waals surface area contributed by atoms with Gasteiger partial charge in [0.25, 0.3) is 0 Å². The van der Waals surface area contributed by atoms with Crippen LogP contribution in [0.2, 0.25) is 0 Å². The number of halogens is 1. The van der Waals surface area contributed by atoms with Crippen LogP contribution in [0.5, 0.6) is 0 Å². The Labute approximate surface area is 79.6 Å². The third-order valence-electron chi connectivity index (χ3n) is 1.56. The van der Waals surface area contributed by atoms with Gasteiger partial charge in [-0.3, -0.25) is 0 Å². The van der Waals surface area contributed by atoms with Crippen molar-refractivity contribution in [2.24, 2.45) is 5.92 Å². The van der Waals surface area contributed by atoms with Gasteiger partial charge in [0, 0.05) is 17.6 Å². The van der Waals surface area contributed by atoms with E-state index < -0.39 is 0 Å². The summed E-state index contributed by atoms with van der Waals surface area (Å²) in [6.07, 6.45) is 0.959. The van der Waals surface area contributed by atoms with Crippen LogP contribution in [0.1, 0.15) is 20.3 Å². The maximum atomic E-state index is 8.95. The standard InChI is InChI=1S/C9H18ClNO/c1-7(2)4-9(6-12)11-5-8(3)10/h7,9,11-12H,3-6H2,1-2H3. The molecular formula is C9H18ClNO. The third kappa shape index (κ3) is 6.65. The first-order valence-electron chi connectivity index (χ1n) is 4.23. The molecule has 0 aliphatic rings. The number of rotatable bonds is 6. The number of aliphatic hydroxyl groups is 1. The van der Waals surface area contributed by atoms with Gasteiger partial charge in [0.05, 0.1) is 6.61 Å². The average molecular weight is 192 g/mol. The van der Waals surface area contributed by atoms with Gasteiger partial charge < -0.3 is 10.4 Å². The number of aliphatic hydroxyl groups excluding tert-OH is 1. The topological polar surface area (TPSA) is 32.3 Å². The molecule has 72 valence electrons. The normalized spacial score (nSPS) is 13.4. The highest BCUT2D eigenvalue weighted by Crippen LogP contribution is 2.04. The zero-order valence-electron chi connectivity index (χ0n) is 7.81. The van der Waals surface area contributed by atoms with Gasteiger partial charge in [-0.2, -0.15) is 0 Å². The summed E-state index contributed by atoms with van der Waals surface area (Å²) in [7, 11) is 0. The summed E-state index contributed by atoms with van der Waals surface area (Å²) in [5.74, 6) is 0.582. The molecule has 0 saturated carbocycles. The highest BCUT2D eigenvalue weighted by Gasteiger charge is 2.08. The van der Waals surface area contributed by atoms with Crippen molar-refractivity contribution in [3.8, 4) is 0 Å². The first-order chi connectivity index (χ1) is 5.56. The molecule has 0 amide bonds. The molecular weight excluding hydrogens is 174 g/mol. The minimum absolute atomic E-state index is 0.139. The molecule has 1 unspecified atom stereocenters. The summed E-state index contributed by atoms with van der Waals surface area (Å²) >= 11 is 5.58. The highest BCUT2D eigenvalue weighted by atomic mass is 35.5. The predicted octanol–water partition coefficient (Wildman–Crippen LogP) is 1.74. The average Bonchev–Trinajstić information content (AvgIpc) is 1.97. The fourth-order valence-electron chi connectivity index (χ4n) is 1.05. The summed E-state index contributed by atoms with van der Waals surface area (Å²) < 4.78 is 0. The van der Waals surface area contributed by atoms with Crippen molar-refractivity contribution in [2.45, 2.75) is 26.3 Å². The first-order valence-corrected chi connectivity index (χ1v) is 4.61. The zero-order valence-corrected chi connectivity index (χ0v) is 8.56. The molecule has 0 saturated heterocycles. The van der Waals surface area contributed by atoms with Crippen molar-refractivity contribution >= 4 is 11.6 Å². The van der Waals surface area contributed by atoms with Crippen LogP contribution in [0.4, 0.5) is 0 Å². The van der Waals surface area contributed by atoms with Crippen molar-refractivity contribution in [2.75, 3.05) is 13.2 Å². The molecule has 0 aliphatic carbocycles. The van der Waals surface area contributed by atoms with Crippen LogP contribution in [0, 0.1) is 5.92 Å². The molecule has 0 fully saturated rings. The van der Waals surface area contributed by atoms with Gasteiger partial charge in [0.1, 0.15) is 0 Å². The molecule has 0 heterocycles. The molecule has 0 spiro atoms. The lowest BCUT2D eigenvalue weighted by Gasteiger charge is -2.17. The van der Waals surface area contributed by atoms with Gasteiger partial charge in [-0.05, 0) is 12.3 Å². The van der Waals surface area contributed by atoms with E-state index in [1.54, 1.807) is 0 Å². The van der Waals surface area contributed by atoms with E-state index in [9.17, 15) is 0 Å². The van der Waals surface area contributed by atoms with E-state index in [2.05, 4.69) is 25.7 Å². The lowest BCUT2D eigenvalue weighted by molar-refractivity contribution is 0.228. The minimum Gasteiger partial charge on any atom is -0.395 e. The molecule has 2 nitrogen and oxygen atoms in total. The smallest absolute Gasteiger partial charge is 0.0584 e. The third-order valence-corrected chi connectivity index (χ3v) is 1.69. The lowest BCUT2D eigenvalue weighted by Crippen LogP contribution is -2.34. The molecule has 12 heavy (non-hydrogen) atoms. The van der Waals surface area contributed by atoms with Gasteiger partial charge in [0.2, 0.25) is 0 Å². The Morgan fingerprint density at radius 2 is 2.17 bits per heavy atom. The Kier molecular flexibility index (Phi) is 6.44. The van der Waals surface area contributed by atoms with E-state index in [1.807, 2.05) is 0 Å². The summed E-state index contributed by atoms with van der Waals surface area (Å²) in [5, 5.41) is 12.7. The quantitative estimate of drug-likeness (QED) is 0.671. The molecule has 0 aliphatic heterocycles. The van der Waals surface area contributed by atoms with Crippen LogP contribution < -0.4 is 5.32 Å². The van der Waals surface area contributed by atoms with Crippen molar-refractivity contribution in [3.05, 3.63) is 11.6 Å². The van der Waals surface area contributed by atoms with Crippen molar-refractivity contribution < 1.29 is 5.11 Å². The second kappa shape index (κ2) is 6.46. The first kappa shape index (κ1) is 11.9. The summed E-state index contributed by atoms with van der Waals surface area (Å²) in [4.78, 5) is 0. The Morgan fingerprint density at radius 3 is 2.50 bits per heavy atom.